The molecule has 2 rings (SSSR count). The molecule has 0 aliphatic rings. The summed E-state index contributed by atoms with van der Waals surface area (Å²) in [5, 5.41) is 0. The van der Waals surface area contributed by atoms with Gasteiger partial charge in [0.2, 0.25) is 0 Å². The highest BCUT2D eigenvalue weighted by atomic mass is 79.9. The second-order valence-corrected chi connectivity index (χ2v) is 5.13. The molecule has 2 aromatic carbocycles. The van der Waals surface area contributed by atoms with Crippen LogP contribution in [0.2, 0.25) is 0 Å². The van der Waals surface area contributed by atoms with Gasteiger partial charge < -0.3 is 18.9 Å². The largest absolute Gasteiger partial charge is 0.498 e. The summed E-state index contributed by atoms with van der Waals surface area (Å²) in [5.41, 5.74) is 0.520. The van der Waals surface area contributed by atoms with E-state index in [1.54, 1.807) is 46.6 Å². The van der Waals surface area contributed by atoms with E-state index < -0.39 is 0 Å². The van der Waals surface area contributed by atoms with Gasteiger partial charge in [-0.05, 0) is 24.3 Å². The summed E-state index contributed by atoms with van der Waals surface area (Å²) in [6, 6.07) is 10.6. The van der Waals surface area contributed by atoms with Crippen molar-refractivity contribution in [3.05, 3.63) is 52.3 Å². The Bertz CT molecular complexity index is 638. The smallest absolute Gasteiger partial charge is 0.194 e. The average molecular weight is 380 g/mol. The first kappa shape index (κ1) is 18.7. The van der Waals surface area contributed by atoms with Gasteiger partial charge in [0.15, 0.2) is 5.69 Å². The number of benzene rings is 2. The van der Waals surface area contributed by atoms with E-state index in [9.17, 15) is 0 Å². The molecule has 0 radical (unpaired) electrons. The maximum atomic E-state index is 6.80. The lowest BCUT2D eigenvalue weighted by atomic mass is 10.3. The van der Waals surface area contributed by atoms with E-state index in [0.29, 0.717) is 17.2 Å². The minimum absolute atomic E-state index is 0.520. The van der Waals surface area contributed by atoms with Gasteiger partial charge in [0.25, 0.3) is 0 Å². The van der Waals surface area contributed by atoms with E-state index >= 15 is 0 Å². The maximum absolute atomic E-state index is 6.80. The van der Waals surface area contributed by atoms with Crippen molar-refractivity contribution >= 4 is 21.6 Å². The molecule has 0 aromatic heterocycles. The van der Waals surface area contributed by atoms with E-state index in [0.717, 1.165) is 16.0 Å². The molecule has 0 aliphatic heterocycles. The Kier molecular flexibility index (Phi) is 7.78. The van der Waals surface area contributed by atoms with Crippen molar-refractivity contribution in [3.63, 3.8) is 0 Å². The van der Waals surface area contributed by atoms with E-state index in [2.05, 4.69) is 20.8 Å². The van der Waals surface area contributed by atoms with Crippen LogP contribution >= 0.6 is 15.9 Å². The summed E-state index contributed by atoms with van der Waals surface area (Å²) in [5.74, 6) is 2.85. The van der Waals surface area contributed by atoms with Crippen LogP contribution in [0.25, 0.3) is 4.85 Å². The molecule has 23 heavy (non-hydrogen) atoms. The number of ether oxygens (including phenoxy) is 4. The summed E-state index contributed by atoms with van der Waals surface area (Å²) >= 11 is 3.33. The van der Waals surface area contributed by atoms with Crippen LogP contribution in [0.1, 0.15) is 0 Å². The number of methoxy groups -OCH3 is 4. The molecular weight excluding hydrogens is 362 g/mol. The van der Waals surface area contributed by atoms with Crippen LogP contribution in [-0.4, -0.2) is 28.4 Å². The van der Waals surface area contributed by atoms with E-state index in [1.807, 2.05) is 18.2 Å². The number of nitrogens with zero attached hydrogens (tertiary/aromatic N) is 1. The quantitative estimate of drug-likeness (QED) is 0.720. The van der Waals surface area contributed by atoms with Crippen LogP contribution in [0.4, 0.5) is 5.69 Å². The molecule has 0 bridgehead atoms. The third kappa shape index (κ3) is 6.09. The zero-order valence-corrected chi connectivity index (χ0v) is 15.0. The molecule has 0 spiro atoms. The predicted molar refractivity (Wildman–Crippen MR) is 93.1 cm³/mol. The normalized spacial score (nSPS) is 9.04. The van der Waals surface area contributed by atoms with Gasteiger partial charge in [0, 0.05) is 16.6 Å². The lowest BCUT2D eigenvalue weighted by Crippen LogP contribution is -1.86. The molecule has 0 N–H and O–H groups in total. The van der Waals surface area contributed by atoms with Gasteiger partial charge in [-0.3, -0.25) is 0 Å². The van der Waals surface area contributed by atoms with E-state index in [4.69, 9.17) is 25.5 Å². The fourth-order valence-corrected chi connectivity index (χ4v) is 2.08. The Morgan fingerprint density at radius 3 is 1.35 bits per heavy atom. The lowest BCUT2D eigenvalue weighted by Gasteiger charge is -2.03. The molecule has 0 aliphatic carbocycles. The van der Waals surface area contributed by atoms with Gasteiger partial charge in [-0.2, -0.15) is 0 Å². The molecule has 2 aromatic rings. The van der Waals surface area contributed by atoms with Gasteiger partial charge >= 0.3 is 0 Å². The SMILES string of the molecule is COc1cc(Br)cc(OC)c1.[C-]#[N+]c1cc(OC)cc(OC)c1. The van der Waals surface area contributed by atoms with Crippen molar-refractivity contribution in [2.75, 3.05) is 28.4 Å². The highest BCUT2D eigenvalue weighted by Gasteiger charge is 2.00. The fraction of sp³-hybridized carbons (Fsp3) is 0.235. The monoisotopic (exact) mass is 379 g/mol. The van der Waals surface area contributed by atoms with Crippen molar-refractivity contribution in [1.82, 2.24) is 0 Å². The molecule has 0 heterocycles. The Morgan fingerprint density at radius 1 is 0.696 bits per heavy atom. The first-order valence-corrected chi connectivity index (χ1v) is 7.34. The summed E-state index contributed by atoms with van der Waals surface area (Å²) in [6.07, 6.45) is 0. The van der Waals surface area contributed by atoms with Crippen LogP contribution in [0.3, 0.4) is 0 Å². The third-order valence-electron chi connectivity index (χ3n) is 2.78. The van der Waals surface area contributed by atoms with E-state index in [-0.39, 0.29) is 0 Å². The molecule has 0 unspecified atom stereocenters. The number of halogens is 1. The van der Waals surface area contributed by atoms with Gasteiger partial charge in [-0.25, -0.2) is 4.85 Å². The van der Waals surface area contributed by atoms with Crippen molar-refractivity contribution < 1.29 is 18.9 Å². The van der Waals surface area contributed by atoms with Crippen molar-refractivity contribution in [2.24, 2.45) is 0 Å². The maximum Gasteiger partial charge on any atom is 0.194 e. The van der Waals surface area contributed by atoms with Crippen LogP contribution < -0.4 is 18.9 Å². The Labute approximate surface area is 144 Å². The van der Waals surface area contributed by atoms with Crippen LogP contribution in [-0.2, 0) is 0 Å². The van der Waals surface area contributed by atoms with Gasteiger partial charge in [0.1, 0.15) is 23.0 Å². The Balaban J connectivity index is 0.000000231. The summed E-state index contributed by atoms with van der Waals surface area (Å²) < 4.78 is 21.0. The zero-order chi connectivity index (χ0) is 17.2. The lowest BCUT2D eigenvalue weighted by molar-refractivity contribution is 0.394. The van der Waals surface area contributed by atoms with Crippen LogP contribution in [0, 0.1) is 6.57 Å². The van der Waals surface area contributed by atoms with Crippen LogP contribution in [0.15, 0.2) is 40.9 Å². The van der Waals surface area contributed by atoms with Gasteiger partial charge in [-0.15, -0.1) is 0 Å². The zero-order valence-electron chi connectivity index (χ0n) is 13.4. The Morgan fingerprint density at radius 2 is 1.04 bits per heavy atom. The van der Waals surface area contributed by atoms with Crippen molar-refractivity contribution in [2.45, 2.75) is 0 Å². The first-order chi connectivity index (χ1) is 11.1. The van der Waals surface area contributed by atoms with Gasteiger partial charge in [-0.1, -0.05) is 15.9 Å². The highest BCUT2D eigenvalue weighted by molar-refractivity contribution is 9.10. The summed E-state index contributed by atoms with van der Waals surface area (Å²) in [7, 11) is 6.37. The minimum atomic E-state index is 0.520. The number of hydrogen-bond donors (Lipinski definition) is 0. The van der Waals surface area contributed by atoms with E-state index in [1.165, 1.54) is 0 Å². The Hall–Kier alpha value is -2.39. The second kappa shape index (κ2) is 9.59. The van der Waals surface area contributed by atoms with Gasteiger partial charge in [0.05, 0.1) is 35.0 Å². The van der Waals surface area contributed by atoms with Crippen molar-refractivity contribution in [3.8, 4) is 23.0 Å². The number of rotatable bonds is 4. The van der Waals surface area contributed by atoms with Crippen molar-refractivity contribution in [1.29, 1.82) is 0 Å². The summed E-state index contributed by atoms with van der Waals surface area (Å²) in [6.45, 7) is 6.80. The standard InChI is InChI=1S/C9H9NO2.C8H9BrO2/c1-10-7-4-8(11-2)6-9(5-7)12-3;1-10-7-3-6(9)4-8(5-7)11-2/h4-6H,2-3H3;3-5H,1-2H3. The van der Waals surface area contributed by atoms with Crippen LogP contribution in [0.5, 0.6) is 23.0 Å². The fourth-order valence-electron chi connectivity index (χ4n) is 1.63. The molecule has 6 heteroatoms. The molecule has 0 fully saturated rings. The summed E-state index contributed by atoms with van der Waals surface area (Å²) in [4.78, 5) is 3.28. The molecule has 5 nitrogen and oxygen atoms in total. The first-order valence-electron chi connectivity index (χ1n) is 6.55. The minimum Gasteiger partial charge on any atom is -0.498 e. The molecule has 0 atom stereocenters. The highest BCUT2D eigenvalue weighted by Crippen LogP contribution is 2.27. The predicted octanol–water partition coefficient (Wildman–Crippen LogP) is 4.72. The average Bonchev–Trinajstić information content (AvgIpc) is 2.60. The molecule has 0 saturated carbocycles. The second-order valence-electron chi connectivity index (χ2n) is 4.21. The number of hydrogen-bond acceptors (Lipinski definition) is 4. The molecular formula is C17H18BrNO4. The molecule has 0 amide bonds. The molecule has 122 valence electrons. The third-order valence-corrected chi connectivity index (χ3v) is 3.24. The molecule has 0 saturated heterocycles. The topological polar surface area (TPSA) is 41.3 Å².